The Hall–Kier alpha value is -4.01. The van der Waals surface area contributed by atoms with E-state index in [4.69, 9.17) is 14.2 Å². The third-order valence-corrected chi connectivity index (χ3v) is 6.20. The summed E-state index contributed by atoms with van der Waals surface area (Å²) in [7, 11) is 0. The van der Waals surface area contributed by atoms with Gasteiger partial charge in [-0.15, -0.1) is 0 Å². The summed E-state index contributed by atoms with van der Waals surface area (Å²) in [5, 5.41) is 2.77. The van der Waals surface area contributed by atoms with E-state index in [1.807, 2.05) is 78.9 Å². The van der Waals surface area contributed by atoms with Crippen molar-refractivity contribution in [1.29, 1.82) is 0 Å². The molecule has 2 atom stereocenters. The fraction of sp³-hybridized carbons (Fsp3) is 0.300. The molecule has 1 heterocycles. The number of fused-ring (bicyclic) bond motifs is 3. The largest absolute Gasteiger partial charge is 0.464 e. The lowest BCUT2D eigenvalue weighted by molar-refractivity contribution is -0.162. The molecule has 1 aliphatic heterocycles. The van der Waals surface area contributed by atoms with E-state index in [0.717, 1.165) is 22.4 Å². The molecular weight excluding hydrogens is 484 g/mol. The summed E-state index contributed by atoms with van der Waals surface area (Å²) >= 11 is 0. The number of nitrogens with one attached hydrogen (secondary N) is 1. The maximum absolute atomic E-state index is 14.0. The first-order chi connectivity index (χ1) is 18.5. The van der Waals surface area contributed by atoms with Crippen LogP contribution in [0.2, 0.25) is 0 Å². The number of hydrogen-bond donors (Lipinski definition) is 1. The Morgan fingerprint density at radius 2 is 1.58 bits per heavy atom. The normalized spacial score (nSPS) is 15.2. The van der Waals surface area contributed by atoms with Crippen molar-refractivity contribution in [3.63, 3.8) is 0 Å². The van der Waals surface area contributed by atoms with E-state index in [9.17, 15) is 14.4 Å². The highest BCUT2D eigenvalue weighted by Crippen LogP contribution is 2.40. The van der Waals surface area contributed by atoms with Crippen LogP contribution in [0.5, 0.6) is 0 Å². The number of anilines is 1. The molecule has 0 spiro atoms. The molecule has 3 aromatic carbocycles. The third kappa shape index (κ3) is 6.10. The SMILES string of the molecule is CCOC(=O)C(OCC)C(=O)N[C@@H]1C(=O)N(CCOCc2ccccc2)c2ccccc2-c2ccccc21. The second-order valence-corrected chi connectivity index (χ2v) is 8.66. The van der Waals surface area contributed by atoms with Crippen molar-refractivity contribution in [3.8, 4) is 11.1 Å². The number of nitrogens with zero attached hydrogens (tertiary/aromatic N) is 1. The first-order valence-corrected chi connectivity index (χ1v) is 12.7. The van der Waals surface area contributed by atoms with Gasteiger partial charge in [-0.05, 0) is 36.6 Å². The van der Waals surface area contributed by atoms with Gasteiger partial charge in [0.25, 0.3) is 11.8 Å². The molecule has 0 saturated carbocycles. The van der Waals surface area contributed by atoms with E-state index in [1.54, 1.807) is 18.7 Å². The van der Waals surface area contributed by atoms with Gasteiger partial charge in [0, 0.05) is 18.7 Å². The van der Waals surface area contributed by atoms with E-state index in [2.05, 4.69) is 5.32 Å². The molecule has 0 radical (unpaired) electrons. The van der Waals surface area contributed by atoms with Gasteiger partial charge in [0.1, 0.15) is 6.04 Å². The summed E-state index contributed by atoms with van der Waals surface area (Å²) in [5.74, 6) is -1.86. The molecule has 0 bridgehead atoms. The van der Waals surface area contributed by atoms with Crippen molar-refractivity contribution in [2.45, 2.75) is 32.6 Å². The number of amides is 2. The zero-order chi connectivity index (χ0) is 26.9. The van der Waals surface area contributed by atoms with Gasteiger partial charge in [0.2, 0.25) is 6.10 Å². The first kappa shape index (κ1) is 27.0. The van der Waals surface area contributed by atoms with Gasteiger partial charge in [-0.1, -0.05) is 72.8 Å². The molecule has 0 aromatic heterocycles. The average Bonchev–Trinajstić information content (AvgIpc) is 3.03. The number of ether oxygens (including phenoxy) is 3. The minimum atomic E-state index is -1.48. The van der Waals surface area contributed by atoms with Gasteiger partial charge in [-0.25, -0.2) is 4.79 Å². The van der Waals surface area contributed by atoms with Crippen LogP contribution in [-0.4, -0.2) is 50.3 Å². The molecule has 0 aliphatic carbocycles. The molecular formula is C30H32N2O6. The van der Waals surface area contributed by atoms with Crippen LogP contribution in [0.25, 0.3) is 11.1 Å². The molecule has 8 heteroatoms. The van der Waals surface area contributed by atoms with Crippen LogP contribution < -0.4 is 10.2 Å². The third-order valence-electron chi connectivity index (χ3n) is 6.20. The molecule has 0 saturated heterocycles. The van der Waals surface area contributed by atoms with Crippen LogP contribution in [0.3, 0.4) is 0 Å². The maximum Gasteiger partial charge on any atom is 0.345 e. The first-order valence-electron chi connectivity index (χ1n) is 12.7. The van der Waals surface area contributed by atoms with Crippen LogP contribution in [0.1, 0.15) is 31.0 Å². The standard InChI is InChI=1S/C30H32N2O6/c1-3-37-27(30(35)38-4-2)28(33)31-26-24-16-9-8-14-22(24)23-15-10-11-17-25(23)32(29(26)34)18-19-36-20-21-12-6-5-7-13-21/h5-17,26-27H,3-4,18-20H2,1-2H3,(H,31,33)/t26-,27?/m0/s1. The fourth-order valence-corrected chi connectivity index (χ4v) is 4.48. The monoisotopic (exact) mass is 516 g/mol. The quantitative estimate of drug-likeness (QED) is 0.235. The highest BCUT2D eigenvalue weighted by atomic mass is 16.6. The molecule has 8 nitrogen and oxygen atoms in total. The molecule has 1 aliphatic rings. The minimum Gasteiger partial charge on any atom is -0.464 e. The second kappa shape index (κ2) is 13.0. The minimum absolute atomic E-state index is 0.104. The van der Waals surface area contributed by atoms with Gasteiger partial charge >= 0.3 is 5.97 Å². The number of esters is 1. The van der Waals surface area contributed by atoms with Gasteiger partial charge in [0.15, 0.2) is 0 Å². The summed E-state index contributed by atoms with van der Waals surface area (Å²) in [6.45, 7) is 4.54. The lowest BCUT2D eigenvalue weighted by Gasteiger charge is -2.27. The van der Waals surface area contributed by atoms with E-state index in [0.29, 0.717) is 12.2 Å². The summed E-state index contributed by atoms with van der Waals surface area (Å²) in [6, 6.07) is 23.8. The van der Waals surface area contributed by atoms with Crippen LogP contribution in [0.4, 0.5) is 5.69 Å². The molecule has 198 valence electrons. The summed E-state index contributed by atoms with van der Waals surface area (Å²) in [6.07, 6.45) is -1.48. The zero-order valence-corrected chi connectivity index (χ0v) is 21.6. The van der Waals surface area contributed by atoms with E-state index < -0.39 is 24.0 Å². The summed E-state index contributed by atoms with van der Waals surface area (Å²) in [5.41, 5.74) is 4.07. The number of benzene rings is 3. The van der Waals surface area contributed by atoms with Crippen LogP contribution in [0.15, 0.2) is 78.9 Å². The Balaban J connectivity index is 1.63. The number of hydrogen-bond acceptors (Lipinski definition) is 6. The number of carbonyl (C=O) groups excluding carboxylic acids is 3. The predicted octanol–water partition coefficient (Wildman–Crippen LogP) is 4.04. The second-order valence-electron chi connectivity index (χ2n) is 8.66. The molecule has 38 heavy (non-hydrogen) atoms. The van der Waals surface area contributed by atoms with Crippen LogP contribution >= 0.6 is 0 Å². The molecule has 1 N–H and O–H groups in total. The smallest absolute Gasteiger partial charge is 0.345 e. The predicted molar refractivity (Wildman–Crippen MR) is 143 cm³/mol. The van der Waals surface area contributed by atoms with E-state index in [1.165, 1.54) is 0 Å². The maximum atomic E-state index is 14.0. The Kier molecular flexibility index (Phi) is 9.24. The van der Waals surface area contributed by atoms with Crippen molar-refractivity contribution in [3.05, 3.63) is 90.0 Å². The lowest BCUT2D eigenvalue weighted by atomic mass is 9.95. The van der Waals surface area contributed by atoms with Gasteiger partial charge < -0.3 is 24.4 Å². The molecule has 3 aromatic rings. The van der Waals surface area contributed by atoms with Crippen molar-refractivity contribution < 1.29 is 28.6 Å². The van der Waals surface area contributed by atoms with Crippen molar-refractivity contribution in [2.75, 3.05) is 31.3 Å². The lowest BCUT2D eigenvalue weighted by Crippen LogP contribution is -2.49. The van der Waals surface area contributed by atoms with E-state index >= 15 is 0 Å². The van der Waals surface area contributed by atoms with Crippen LogP contribution in [0, 0.1) is 0 Å². The van der Waals surface area contributed by atoms with Crippen molar-refractivity contribution in [2.24, 2.45) is 0 Å². The fourth-order valence-electron chi connectivity index (χ4n) is 4.48. The highest BCUT2D eigenvalue weighted by molar-refractivity contribution is 6.08. The Morgan fingerprint density at radius 1 is 0.895 bits per heavy atom. The Labute approximate surface area is 222 Å². The van der Waals surface area contributed by atoms with E-state index in [-0.39, 0.29) is 32.3 Å². The summed E-state index contributed by atoms with van der Waals surface area (Å²) < 4.78 is 16.3. The van der Waals surface area contributed by atoms with Crippen molar-refractivity contribution in [1.82, 2.24) is 5.32 Å². The molecule has 0 fully saturated rings. The summed E-state index contributed by atoms with van der Waals surface area (Å²) in [4.78, 5) is 41.4. The van der Waals surface area contributed by atoms with Gasteiger partial charge in [0.05, 0.1) is 25.5 Å². The zero-order valence-electron chi connectivity index (χ0n) is 21.6. The highest BCUT2D eigenvalue weighted by Gasteiger charge is 2.38. The Morgan fingerprint density at radius 3 is 2.32 bits per heavy atom. The average molecular weight is 517 g/mol. The number of carbonyl (C=O) groups is 3. The van der Waals surface area contributed by atoms with Crippen LogP contribution in [-0.2, 0) is 35.2 Å². The van der Waals surface area contributed by atoms with Gasteiger partial charge in [-0.3, -0.25) is 9.59 Å². The van der Waals surface area contributed by atoms with Crippen molar-refractivity contribution >= 4 is 23.5 Å². The topological polar surface area (TPSA) is 94.2 Å². The molecule has 1 unspecified atom stereocenters. The van der Waals surface area contributed by atoms with Gasteiger partial charge in [-0.2, -0.15) is 0 Å². The number of rotatable bonds is 11. The molecule has 4 rings (SSSR count). The number of para-hydroxylation sites is 1. The Bertz CT molecular complexity index is 1260. The molecule has 2 amide bonds.